The van der Waals surface area contributed by atoms with Crippen LogP contribution >= 0.6 is 0 Å². The second-order valence-electron chi connectivity index (χ2n) is 6.24. The van der Waals surface area contributed by atoms with E-state index in [2.05, 4.69) is 10.6 Å². The zero-order valence-corrected chi connectivity index (χ0v) is 15.9. The van der Waals surface area contributed by atoms with Gasteiger partial charge in [-0.15, -0.1) is 0 Å². The average Bonchev–Trinajstić information content (AvgIpc) is 2.67. The van der Waals surface area contributed by atoms with Crippen molar-refractivity contribution in [2.75, 3.05) is 25.5 Å². The SMILES string of the molecule is CNC(=O)C1CCN(C(=O)c2ccc(NC(C)=O)cc2)CC1.O=C(O)C(F)(F)F. The number of amides is 3. The van der Waals surface area contributed by atoms with Crippen molar-refractivity contribution in [3.05, 3.63) is 29.8 Å². The van der Waals surface area contributed by atoms with E-state index in [1.807, 2.05) is 0 Å². The molecule has 1 saturated heterocycles. The Labute approximate surface area is 165 Å². The number of nitrogens with one attached hydrogen (secondary N) is 2. The van der Waals surface area contributed by atoms with Gasteiger partial charge in [-0.1, -0.05) is 0 Å². The highest BCUT2D eigenvalue weighted by Crippen LogP contribution is 2.20. The summed E-state index contributed by atoms with van der Waals surface area (Å²) in [5, 5.41) is 12.4. The van der Waals surface area contributed by atoms with Gasteiger partial charge in [0.15, 0.2) is 0 Å². The number of likely N-dealkylation sites (tertiary alicyclic amines) is 1. The molecule has 0 unspecified atom stereocenters. The summed E-state index contributed by atoms with van der Waals surface area (Å²) in [7, 11) is 1.64. The molecule has 0 saturated carbocycles. The molecule has 0 atom stereocenters. The molecule has 0 aromatic heterocycles. The number of carbonyl (C=O) groups is 4. The molecule has 160 valence electrons. The van der Waals surface area contributed by atoms with Crippen LogP contribution in [0.3, 0.4) is 0 Å². The molecule has 8 nitrogen and oxygen atoms in total. The van der Waals surface area contributed by atoms with Crippen LogP contribution in [0.2, 0.25) is 0 Å². The molecule has 0 bridgehead atoms. The van der Waals surface area contributed by atoms with Crippen LogP contribution in [0, 0.1) is 5.92 Å². The molecule has 11 heteroatoms. The van der Waals surface area contributed by atoms with Crippen molar-refractivity contribution in [2.24, 2.45) is 5.92 Å². The number of carboxylic acids is 1. The second-order valence-corrected chi connectivity index (χ2v) is 6.24. The average molecular weight is 417 g/mol. The van der Waals surface area contributed by atoms with E-state index >= 15 is 0 Å². The fourth-order valence-corrected chi connectivity index (χ4v) is 2.63. The van der Waals surface area contributed by atoms with Crippen LogP contribution in [-0.4, -0.2) is 60.0 Å². The molecule has 29 heavy (non-hydrogen) atoms. The zero-order valence-electron chi connectivity index (χ0n) is 15.9. The van der Waals surface area contributed by atoms with Gasteiger partial charge in [-0.25, -0.2) is 4.79 Å². The number of piperidine rings is 1. The lowest BCUT2D eigenvalue weighted by Crippen LogP contribution is -2.42. The van der Waals surface area contributed by atoms with Gasteiger partial charge in [-0.05, 0) is 37.1 Å². The van der Waals surface area contributed by atoms with E-state index in [-0.39, 0.29) is 23.6 Å². The number of carboxylic acid groups (broad SMARTS) is 1. The maximum atomic E-state index is 12.4. The lowest BCUT2D eigenvalue weighted by Gasteiger charge is -2.31. The second kappa shape index (κ2) is 10.4. The first-order valence-corrected chi connectivity index (χ1v) is 8.64. The van der Waals surface area contributed by atoms with Gasteiger partial charge in [0, 0.05) is 44.2 Å². The molecular weight excluding hydrogens is 395 g/mol. The highest BCUT2D eigenvalue weighted by molar-refractivity contribution is 5.95. The van der Waals surface area contributed by atoms with Crippen molar-refractivity contribution in [1.29, 1.82) is 0 Å². The predicted molar refractivity (Wildman–Crippen MR) is 97.1 cm³/mol. The fourth-order valence-electron chi connectivity index (χ4n) is 2.63. The molecule has 3 amide bonds. The van der Waals surface area contributed by atoms with Gasteiger partial charge in [0.2, 0.25) is 11.8 Å². The minimum absolute atomic E-state index is 0.00353. The summed E-state index contributed by atoms with van der Waals surface area (Å²) in [5.74, 6) is -2.89. The van der Waals surface area contributed by atoms with Crippen LogP contribution in [0.15, 0.2) is 24.3 Å². The van der Waals surface area contributed by atoms with Crippen molar-refractivity contribution in [3.63, 3.8) is 0 Å². The van der Waals surface area contributed by atoms with Gasteiger partial charge in [-0.3, -0.25) is 14.4 Å². The van der Waals surface area contributed by atoms with Crippen LogP contribution < -0.4 is 10.6 Å². The van der Waals surface area contributed by atoms with E-state index in [1.54, 1.807) is 36.2 Å². The summed E-state index contributed by atoms with van der Waals surface area (Å²) in [6, 6.07) is 6.84. The summed E-state index contributed by atoms with van der Waals surface area (Å²) in [6.07, 6.45) is -3.70. The number of nitrogens with zero attached hydrogens (tertiary/aromatic N) is 1. The Balaban J connectivity index is 0.000000516. The quantitative estimate of drug-likeness (QED) is 0.695. The minimum atomic E-state index is -5.08. The Morgan fingerprint density at radius 2 is 1.55 bits per heavy atom. The summed E-state index contributed by atoms with van der Waals surface area (Å²) in [4.78, 5) is 45.6. The number of carbonyl (C=O) groups excluding carboxylic acids is 3. The number of halogens is 3. The molecule has 0 radical (unpaired) electrons. The molecule has 1 aliphatic rings. The van der Waals surface area contributed by atoms with Gasteiger partial charge in [0.1, 0.15) is 0 Å². The lowest BCUT2D eigenvalue weighted by molar-refractivity contribution is -0.192. The Bertz CT molecular complexity index is 742. The smallest absolute Gasteiger partial charge is 0.475 e. The number of aliphatic carboxylic acids is 1. The molecule has 0 spiro atoms. The fraction of sp³-hybridized carbons (Fsp3) is 0.444. The van der Waals surface area contributed by atoms with E-state index in [1.165, 1.54) is 6.92 Å². The summed E-state index contributed by atoms with van der Waals surface area (Å²) < 4.78 is 31.7. The van der Waals surface area contributed by atoms with Crippen LogP contribution in [0.5, 0.6) is 0 Å². The monoisotopic (exact) mass is 417 g/mol. The molecule has 2 rings (SSSR count). The van der Waals surface area contributed by atoms with Crippen LogP contribution in [-0.2, 0) is 14.4 Å². The molecule has 1 aliphatic heterocycles. The molecule has 1 aromatic carbocycles. The third-order valence-electron chi connectivity index (χ3n) is 4.09. The van der Waals surface area contributed by atoms with Gasteiger partial charge < -0.3 is 20.6 Å². The largest absolute Gasteiger partial charge is 0.490 e. The van der Waals surface area contributed by atoms with E-state index < -0.39 is 12.1 Å². The van der Waals surface area contributed by atoms with Crippen molar-refractivity contribution < 1.29 is 37.5 Å². The number of hydrogen-bond acceptors (Lipinski definition) is 4. The Morgan fingerprint density at radius 1 is 1.07 bits per heavy atom. The van der Waals surface area contributed by atoms with Crippen LogP contribution in [0.25, 0.3) is 0 Å². The van der Waals surface area contributed by atoms with E-state index in [9.17, 15) is 27.6 Å². The van der Waals surface area contributed by atoms with Crippen LogP contribution in [0.4, 0.5) is 18.9 Å². The van der Waals surface area contributed by atoms with Gasteiger partial charge in [0.25, 0.3) is 5.91 Å². The van der Waals surface area contributed by atoms with E-state index in [0.717, 1.165) is 0 Å². The Hall–Kier alpha value is -3.11. The molecule has 3 N–H and O–H groups in total. The standard InChI is InChI=1S/C16H21N3O3.C2HF3O2/c1-11(20)18-14-5-3-13(4-6-14)16(22)19-9-7-12(8-10-19)15(21)17-2;3-2(4,5)1(6)7/h3-6,12H,7-10H2,1-2H3,(H,17,21)(H,18,20);(H,6,7). The lowest BCUT2D eigenvalue weighted by atomic mass is 9.95. The maximum absolute atomic E-state index is 12.4. The summed E-state index contributed by atoms with van der Waals surface area (Å²) >= 11 is 0. The van der Waals surface area contributed by atoms with Crippen LogP contribution in [0.1, 0.15) is 30.1 Å². The predicted octanol–water partition coefficient (Wildman–Crippen LogP) is 1.88. The van der Waals surface area contributed by atoms with Crippen molar-refractivity contribution in [2.45, 2.75) is 25.9 Å². The van der Waals surface area contributed by atoms with E-state index in [0.29, 0.717) is 37.2 Å². The summed E-state index contributed by atoms with van der Waals surface area (Å²) in [5.41, 5.74) is 1.26. The molecule has 1 fully saturated rings. The number of hydrogen-bond donors (Lipinski definition) is 3. The first kappa shape index (κ1) is 23.9. The van der Waals surface area contributed by atoms with Gasteiger partial charge >= 0.3 is 12.1 Å². The molecule has 1 heterocycles. The Kier molecular flexibility index (Phi) is 8.61. The maximum Gasteiger partial charge on any atom is 0.490 e. The molecular formula is C18H22F3N3O5. The normalized spacial score (nSPS) is 14.3. The Morgan fingerprint density at radius 3 is 1.93 bits per heavy atom. The third-order valence-corrected chi connectivity index (χ3v) is 4.09. The number of anilines is 1. The van der Waals surface area contributed by atoms with Gasteiger partial charge in [-0.2, -0.15) is 13.2 Å². The van der Waals surface area contributed by atoms with Crippen molar-refractivity contribution in [1.82, 2.24) is 10.2 Å². The minimum Gasteiger partial charge on any atom is -0.475 e. The summed E-state index contributed by atoms with van der Waals surface area (Å²) in [6.45, 7) is 2.62. The highest BCUT2D eigenvalue weighted by atomic mass is 19.4. The first-order valence-electron chi connectivity index (χ1n) is 8.64. The first-order chi connectivity index (χ1) is 13.5. The van der Waals surface area contributed by atoms with Gasteiger partial charge in [0.05, 0.1) is 0 Å². The topological polar surface area (TPSA) is 116 Å². The third kappa shape index (κ3) is 7.80. The molecule has 0 aliphatic carbocycles. The van der Waals surface area contributed by atoms with E-state index in [4.69, 9.17) is 9.90 Å². The number of benzene rings is 1. The van der Waals surface area contributed by atoms with Crippen molar-refractivity contribution >= 4 is 29.4 Å². The van der Waals surface area contributed by atoms with Crippen molar-refractivity contribution in [3.8, 4) is 0 Å². The highest BCUT2D eigenvalue weighted by Gasteiger charge is 2.38. The molecule has 1 aromatic rings. The zero-order chi connectivity index (χ0) is 22.2. The number of alkyl halides is 3. The number of rotatable bonds is 3.